The molecule has 34 heavy (non-hydrogen) atoms. The summed E-state index contributed by atoms with van der Waals surface area (Å²) in [5, 5.41) is 33.5. The van der Waals surface area contributed by atoms with Crippen molar-refractivity contribution in [2.24, 2.45) is 0 Å². The summed E-state index contributed by atoms with van der Waals surface area (Å²) in [4.78, 5) is 39.1. The smallest absolute Gasteiger partial charge is 0.329 e. The van der Waals surface area contributed by atoms with Gasteiger partial charge < -0.3 is 30.3 Å². The number of aryl methyl sites for hydroxylation is 1. The largest absolute Gasteiger partial charge is 0.508 e. The van der Waals surface area contributed by atoms with E-state index < -0.39 is 41.6 Å². The highest BCUT2D eigenvalue weighted by molar-refractivity contribution is 5.97. The lowest BCUT2D eigenvalue weighted by Crippen LogP contribution is -2.57. The highest BCUT2D eigenvalue weighted by Gasteiger charge is 2.50. The molecule has 1 saturated heterocycles. The van der Waals surface area contributed by atoms with E-state index in [1.165, 1.54) is 6.07 Å². The van der Waals surface area contributed by atoms with Crippen molar-refractivity contribution in [3.05, 3.63) is 64.7 Å². The molecule has 0 spiro atoms. The van der Waals surface area contributed by atoms with E-state index in [9.17, 15) is 29.7 Å². The van der Waals surface area contributed by atoms with Gasteiger partial charge in [-0.1, -0.05) is 30.3 Å². The zero-order valence-corrected chi connectivity index (χ0v) is 19.6. The van der Waals surface area contributed by atoms with E-state index in [0.29, 0.717) is 11.1 Å². The summed E-state index contributed by atoms with van der Waals surface area (Å²) in [5.74, 6) is -2.72. The van der Waals surface area contributed by atoms with Crippen LogP contribution in [-0.2, 0) is 20.7 Å². The quantitative estimate of drug-likeness (QED) is 0.484. The first-order valence-corrected chi connectivity index (χ1v) is 10.9. The number of hydrogen-bond acceptors (Lipinski definition) is 6. The third-order valence-corrected chi connectivity index (χ3v) is 6.08. The van der Waals surface area contributed by atoms with Gasteiger partial charge in [-0.05, 0) is 57.4 Å². The van der Waals surface area contributed by atoms with E-state index >= 15 is 0 Å². The number of carbonyl (C=O) groups is 3. The topological polar surface area (TPSA) is 136 Å². The van der Waals surface area contributed by atoms with Crippen molar-refractivity contribution in [2.45, 2.75) is 57.9 Å². The second kappa shape index (κ2) is 9.82. The number of rotatable bonds is 7. The molecule has 2 amide bonds. The molecule has 4 N–H and O–H groups in total. The predicted molar refractivity (Wildman–Crippen MR) is 123 cm³/mol. The van der Waals surface area contributed by atoms with E-state index in [0.717, 1.165) is 10.5 Å². The molecule has 0 aliphatic carbocycles. The SMILES string of the molecule is Cc1cc(O)c(C)c(C(=O)N[C@@H](Cc2ccccc2)[C@H](O)C(=O)N2COC(C)(C)[C@H]2C(=O)O)c1. The predicted octanol–water partition coefficient (Wildman–Crippen LogP) is 1.76. The van der Waals surface area contributed by atoms with E-state index in [4.69, 9.17) is 4.74 Å². The third-order valence-electron chi connectivity index (χ3n) is 6.08. The number of carbonyl (C=O) groups excluding carboxylic acids is 2. The van der Waals surface area contributed by atoms with Gasteiger partial charge in [0.1, 0.15) is 12.5 Å². The Morgan fingerprint density at radius 1 is 1.18 bits per heavy atom. The number of phenols is 1. The lowest BCUT2D eigenvalue weighted by atomic mass is 9.96. The fraction of sp³-hybridized carbons (Fsp3) is 0.400. The number of aliphatic hydroxyl groups is 1. The molecule has 2 aromatic carbocycles. The Bertz CT molecular complexity index is 1080. The van der Waals surface area contributed by atoms with Crippen molar-refractivity contribution in [3.63, 3.8) is 0 Å². The summed E-state index contributed by atoms with van der Waals surface area (Å²) in [6, 6.07) is 9.78. The zero-order chi connectivity index (χ0) is 25.2. The molecule has 3 atom stereocenters. The highest BCUT2D eigenvalue weighted by atomic mass is 16.5. The maximum Gasteiger partial charge on any atom is 0.329 e. The third kappa shape index (κ3) is 5.21. The average molecular weight is 471 g/mol. The van der Waals surface area contributed by atoms with Crippen molar-refractivity contribution in [1.82, 2.24) is 10.2 Å². The number of hydrogen-bond donors (Lipinski definition) is 4. The van der Waals surface area contributed by atoms with Crippen LogP contribution >= 0.6 is 0 Å². The molecule has 0 radical (unpaired) electrons. The summed E-state index contributed by atoms with van der Waals surface area (Å²) < 4.78 is 5.49. The first-order chi connectivity index (χ1) is 15.9. The van der Waals surface area contributed by atoms with Gasteiger partial charge in [0.25, 0.3) is 11.8 Å². The standard InChI is InChI=1S/C25H30N2O7/c1-14-10-17(15(2)19(28)11-14)22(30)26-18(12-16-8-6-5-7-9-16)20(29)23(31)27-13-34-25(3,4)21(27)24(32)33/h5-11,18,20-21,28-29H,12-13H2,1-4H3,(H,26,30)(H,32,33)/t18-,20-,21+/m0/s1. The number of aliphatic carboxylic acids is 1. The van der Waals surface area contributed by atoms with E-state index in [1.54, 1.807) is 58.0 Å². The number of nitrogens with zero attached hydrogens (tertiary/aromatic N) is 1. The lowest BCUT2D eigenvalue weighted by Gasteiger charge is -2.30. The maximum absolute atomic E-state index is 13.2. The molecule has 1 aliphatic rings. The van der Waals surface area contributed by atoms with Gasteiger partial charge >= 0.3 is 5.97 Å². The molecule has 2 aromatic rings. The van der Waals surface area contributed by atoms with Crippen LogP contribution in [0.3, 0.4) is 0 Å². The highest BCUT2D eigenvalue weighted by Crippen LogP contribution is 2.29. The number of carboxylic acid groups (broad SMARTS) is 1. The van der Waals surface area contributed by atoms with E-state index in [1.807, 2.05) is 6.07 Å². The number of ether oxygens (including phenoxy) is 1. The number of nitrogens with one attached hydrogen (secondary N) is 1. The average Bonchev–Trinajstić information content (AvgIpc) is 3.10. The molecule has 9 nitrogen and oxygen atoms in total. The number of aromatic hydroxyl groups is 1. The van der Waals surface area contributed by atoms with Crippen molar-refractivity contribution in [1.29, 1.82) is 0 Å². The lowest BCUT2D eigenvalue weighted by molar-refractivity contribution is -0.154. The van der Waals surface area contributed by atoms with Crippen molar-refractivity contribution < 1.29 is 34.4 Å². The summed E-state index contributed by atoms with van der Waals surface area (Å²) in [7, 11) is 0. The second-order valence-electron chi connectivity index (χ2n) is 9.10. The van der Waals surface area contributed by atoms with Crippen LogP contribution < -0.4 is 5.32 Å². The molecule has 182 valence electrons. The Labute approximate surface area is 198 Å². The van der Waals surface area contributed by atoms with Crippen LogP contribution in [0.15, 0.2) is 42.5 Å². The fourth-order valence-electron chi connectivity index (χ4n) is 4.16. The van der Waals surface area contributed by atoms with Gasteiger partial charge in [-0.2, -0.15) is 0 Å². The number of phenolic OH excluding ortho intramolecular Hbond substituents is 1. The molecule has 1 heterocycles. The molecule has 3 rings (SSSR count). The van der Waals surface area contributed by atoms with Crippen LogP contribution in [0.5, 0.6) is 5.75 Å². The molecule has 1 fully saturated rings. The van der Waals surface area contributed by atoms with Crippen LogP contribution in [-0.4, -0.2) is 68.5 Å². The van der Waals surface area contributed by atoms with Gasteiger partial charge in [-0.3, -0.25) is 9.59 Å². The molecule has 9 heteroatoms. The number of benzene rings is 2. The van der Waals surface area contributed by atoms with Crippen molar-refractivity contribution in [2.75, 3.05) is 6.73 Å². The van der Waals surface area contributed by atoms with Crippen molar-refractivity contribution >= 4 is 17.8 Å². The monoisotopic (exact) mass is 470 g/mol. The van der Waals surface area contributed by atoms with E-state index in [2.05, 4.69) is 5.32 Å². The van der Waals surface area contributed by atoms with Gasteiger partial charge in [0.15, 0.2) is 12.1 Å². The Balaban J connectivity index is 1.90. The number of carboxylic acids is 1. The molecule has 1 aliphatic heterocycles. The van der Waals surface area contributed by atoms with Gasteiger partial charge in [0.2, 0.25) is 0 Å². The first-order valence-electron chi connectivity index (χ1n) is 10.9. The van der Waals surface area contributed by atoms with Crippen LogP contribution in [0.2, 0.25) is 0 Å². The van der Waals surface area contributed by atoms with Crippen LogP contribution in [0, 0.1) is 13.8 Å². The minimum Gasteiger partial charge on any atom is -0.508 e. The molecular weight excluding hydrogens is 440 g/mol. The number of amides is 2. The van der Waals surface area contributed by atoms with Crippen LogP contribution in [0.4, 0.5) is 0 Å². The summed E-state index contributed by atoms with van der Waals surface area (Å²) in [6.07, 6.45) is -1.62. The van der Waals surface area contributed by atoms with Gasteiger partial charge in [0, 0.05) is 11.1 Å². The Kier molecular flexibility index (Phi) is 7.28. The first kappa shape index (κ1) is 25.2. The normalized spacial score (nSPS) is 18.9. The van der Waals surface area contributed by atoms with Crippen LogP contribution in [0.1, 0.15) is 40.9 Å². The van der Waals surface area contributed by atoms with Crippen molar-refractivity contribution in [3.8, 4) is 5.75 Å². The number of aliphatic hydroxyl groups excluding tert-OH is 1. The Morgan fingerprint density at radius 3 is 2.44 bits per heavy atom. The second-order valence-corrected chi connectivity index (χ2v) is 9.10. The van der Waals surface area contributed by atoms with Gasteiger partial charge in [-0.15, -0.1) is 0 Å². The fourth-order valence-corrected chi connectivity index (χ4v) is 4.16. The maximum atomic E-state index is 13.2. The Hall–Kier alpha value is -3.43. The molecule has 0 saturated carbocycles. The molecular formula is C25H30N2O7. The summed E-state index contributed by atoms with van der Waals surface area (Å²) >= 11 is 0. The van der Waals surface area contributed by atoms with E-state index in [-0.39, 0.29) is 24.5 Å². The van der Waals surface area contributed by atoms with Crippen LogP contribution in [0.25, 0.3) is 0 Å². The molecule has 0 aromatic heterocycles. The van der Waals surface area contributed by atoms with Gasteiger partial charge in [0.05, 0.1) is 11.6 Å². The minimum atomic E-state index is -1.73. The minimum absolute atomic E-state index is 0.0397. The van der Waals surface area contributed by atoms with Gasteiger partial charge in [-0.25, -0.2) is 4.79 Å². The molecule has 0 bridgehead atoms. The summed E-state index contributed by atoms with van der Waals surface area (Å²) in [5.41, 5.74) is 0.865. The zero-order valence-electron chi connectivity index (χ0n) is 19.6. The summed E-state index contributed by atoms with van der Waals surface area (Å²) in [6.45, 7) is 6.15. The Morgan fingerprint density at radius 2 is 1.82 bits per heavy atom. The molecule has 0 unspecified atom stereocenters.